The van der Waals surface area contributed by atoms with Crippen LogP contribution in [-0.4, -0.2) is 23.8 Å². The number of amides is 2. The van der Waals surface area contributed by atoms with E-state index >= 15 is 0 Å². The zero-order valence-corrected chi connectivity index (χ0v) is 11.9. The Morgan fingerprint density at radius 3 is 2.48 bits per heavy atom. The molecule has 4 nitrogen and oxygen atoms in total. The number of alkyl halides is 3. The molecule has 1 atom stereocenters. The Labute approximate surface area is 121 Å². The predicted molar refractivity (Wildman–Crippen MR) is 73.9 cm³/mol. The lowest BCUT2D eigenvalue weighted by Gasteiger charge is -2.16. The Hall–Kier alpha value is -1.76. The first-order valence-corrected chi connectivity index (χ1v) is 6.61. The van der Waals surface area contributed by atoms with Crippen LogP contribution < -0.4 is 10.6 Å². The van der Waals surface area contributed by atoms with Crippen LogP contribution in [0.15, 0.2) is 24.3 Å². The third kappa shape index (κ3) is 5.63. The Morgan fingerprint density at radius 2 is 1.90 bits per heavy atom. The van der Waals surface area contributed by atoms with Crippen LogP contribution in [0.4, 0.5) is 23.7 Å². The Bertz CT molecular complexity index is 476. The zero-order valence-electron chi connectivity index (χ0n) is 11.9. The van der Waals surface area contributed by atoms with Gasteiger partial charge in [-0.1, -0.05) is 26.0 Å². The fraction of sp³-hybridized carbons (Fsp3) is 0.500. The maximum absolute atomic E-state index is 12.7. The third-order valence-electron chi connectivity index (χ3n) is 2.98. The van der Waals surface area contributed by atoms with Gasteiger partial charge in [0.25, 0.3) is 0 Å². The molecule has 0 fully saturated rings. The van der Waals surface area contributed by atoms with Crippen molar-refractivity contribution < 1.29 is 23.1 Å². The van der Waals surface area contributed by atoms with E-state index < -0.39 is 23.9 Å². The summed E-state index contributed by atoms with van der Waals surface area (Å²) in [5, 5.41) is 14.1. The van der Waals surface area contributed by atoms with E-state index in [1.807, 2.05) is 13.8 Å². The van der Waals surface area contributed by atoms with Gasteiger partial charge >= 0.3 is 12.2 Å². The summed E-state index contributed by atoms with van der Waals surface area (Å²) in [4.78, 5) is 11.6. The van der Waals surface area contributed by atoms with Crippen LogP contribution >= 0.6 is 0 Å². The SMILES string of the molecule is CC(C)C(O)CCNC(=O)Nc1ccccc1C(F)(F)F. The smallest absolute Gasteiger partial charge is 0.393 e. The fourth-order valence-electron chi connectivity index (χ4n) is 1.67. The molecule has 0 radical (unpaired) electrons. The first kappa shape index (κ1) is 17.3. The van der Waals surface area contributed by atoms with Gasteiger partial charge in [0.1, 0.15) is 0 Å². The van der Waals surface area contributed by atoms with Crippen molar-refractivity contribution in [2.24, 2.45) is 5.92 Å². The molecule has 0 aromatic heterocycles. The topological polar surface area (TPSA) is 61.4 Å². The Balaban J connectivity index is 2.56. The molecule has 7 heteroatoms. The van der Waals surface area contributed by atoms with Crippen LogP contribution in [0.2, 0.25) is 0 Å². The standard InChI is InChI=1S/C14H19F3N2O2/c1-9(2)12(20)7-8-18-13(21)19-11-6-4-3-5-10(11)14(15,16)17/h3-6,9,12,20H,7-8H2,1-2H3,(H2,18,19,21). The second kappa shape index (κ2) is 7.31. The summed E-state index contributed by atoms with van der Waals surface area (Å²) in [5.41, 5.74) is -1.20. The van der Waals surface area contributed by atoms with Gasteiger partial charge in [0.05, 0.1) is 17.4 Å². The largest absolute Gasteiger partial charge is 0.418 e. The number of hydrogen-bond donors (Lipinski definition) is 3. The molecule has 0 aliphatic carbocycles. The van der Waals surface area contributed by atoms with Gasteiger partial charge < -0.3 is 15.7 Å². The number of benzene rings is 1. The molecule has 1 rings (SSSR count). The lowest BCUT2D eigenvalue weighted by Crippen LogP contribution is -2.32. The Kier molecular flexibility index (Phi) is 6.02. The molecule has 1 aromatic rings. The number of carbonyl (C=O) groups is 1. The molecular weight excluding hydrogens is 285 g/mol. The summed E-state index contributed by atoms with van der Waals surface area (Å²) >= 11 is 0. The number of hydrogen-bond acceptors (Lipinski definition) is 2. The summed E-state index contributed by atoms with van der Waals surface area (Å²) in [6.45, 7) is 3.86. The second-order valence-corrected chi connectivity index (χ2v) is 5.02. The van der Waals surface area contributed by atoms with E-state index in [1.54, 1.807) is 0 Å². The average Bonchev–Trinajstić information content (AvgIpc) is 2.37. The van der Waals surface area contributed by atoms with Gasteiger partial charge in [-0.15, -0.1) is 0 Å². The predicted octanol–water partition coefficient (Wildman–Crippen LogP) is 3.23. The molecule has 1 unspecified atom stereocenters. The van der Waals surface area contributed by atoms with Crippen LogP contribution in [0.5, 0.6) is 0 Å². The molecule has 0 bridgehead atoms. The molecule has 2 amide bonds. The summed E-state index contributed by atoms with van der Waals surface area (Å²) < 4.78 is 38.2. The van der Waals surface area contributed by atoms with Gasteiger partial charge in [-0.25, -0.2) is 4.79 Å². The maximum Gasteiger partial charge on any atom is 0.418 e. The van der Waals surface area contributed by atoms with Crippen LogP contribution in [0.1, 0.15) is 25.8 Å². The van der Waals surface area contributed by atoms with Gasteiger partial charge in [-0.2, -0.15) is 13.2 Å². The molecule has 3 N–H and O–H groups in total. The zero-order chi connectivity index (χ0) is 16.0. The first-order valence-electron chi connectivity index (χ1n) is 6.61. The number of anilines is 1. The highest BCUT2D eigenvalue weighted by Gasteiger charge is 2.33. The van der Waals surface area contributed by atoms with Gasteiger partial charge in [0, 0.05) is 6.54 Å². The van der Waals surface area contributed by atoms with Crippen LogP contribution in [-0.2, 0) is 6.18 Å². The maximum atomic E-state index is 12.7. The van der Waals surface area contributed by atoms with Crippen molar-refractivity contribution in [2.45, 2.75) is 32.5 Å². The summed E-state index contributed by atoms with van der Waals surface area (Å²) in [7, 11) is 0. The normalized spacial score (nSPS) is 13.1. The second-order valence-electron chi connectivity index (χ2n) is 5.02. The lowest BCUT2D eigenvalue weighted by molar-refractivity contribution is -0.136. The van der Waals surface area contributed by atoms with E-state index in [2.05, 4.69) is 10.6 Å². The highest BCUT2D eigenvalue weighted by molar-refractivity contribution is 5.90. The molecule has 1 aromatic carbocycles. The molecule has 118 valence electrons. The molecule has 0 saturated heterocycles. The number of para-hydroxylation sites is 1. The number of carbonyl (C=O) groups excluding carboxylic acids is 1. The molecule has 0 saturated carbocycles. The van der Waals surface area contributed by atoms with Gasteiger partial charge in [0.15, 0.2) is 0 Å². The quantitative estimate of drug-likeness (QED) is 0.782. The van der Waals surface area contributed by atoms with E-state index in [0.717, 1.165) is 6.07 Å². The van der Waals surface area contributed by atoms with Gasteiger partial charge in [-0.05, 0) is 24.5 Å². The van der Waals surface area contributed by atoms with Crippen molar-refractivity contribution >= 4 is 11.7 Å². The monoisotopic (exact) mass is 304 g/mol. The third-order valence-corrected chi connectivity index (χ3v) is 2.98. The summed E-state index contributed by atoms with van der Waals surface area (Å²) in [5.74, 6) is 0.0563. The van der Waals surface area contributed by atoms with E-state index in [9.17, 15) is 23.1 Å². The van der Waals surface area contributed by atoms with Crippen molar-refractivity contribution in [2.75, 3.05) is 11.9 Å². The highest BCUT2D eigenvalue weighted by atomic mass is 19.4. The lowest BCUT2D eigenvalue weighted by atomic mass is 10.0. The number of aliphatic hydroxyl groups is 1. The van der Waals surface area contributed by atoms with Crippen molar-refractivity contribution in [3.8, 4) is 0 Å². The molecule has 0 aliphatic heterocycles. The minimum atomic E-state index is -4.53. The number of urea groups is 1. The van der Waals surface area contributed by atoms with E-state index in [0.29, 0.717) is 6.42 Å². The average molecular weight is 304 g/mol. The fourth-order valence-corrected chi connectivity index (χ4v) is 1.67. The number of rotatable bonds is 5. The summed E-state index contributed by atoms with van der Waals surface area (Å²) in [6, 6.07) is 4.02. The van der Waals surface area contributed by atoms with Crippen molar-refractivity contribution in [1.82, 2.24) is 5.32 Å². The summed E-state index contributed by atoms with van der Waals surface area (Å²) in [6.07, 6.45) is -4.75. The minimum Gasteiger partial charge on any atom is -0.393 e. The Morgan fingerprint density at radius 1 is 1.29 bits per heavy atom. The van der Waals surface area contributed by atoms with Crippen molar-refractivity contribution in [3.05, 3.63) is 29.8 Å². The van der Waals surface area contributed by atoms with E-state index in [-0.39, 0.29) is 18.2 Å². The van der Waals surface area contributed by atoms with Crippen LogP contribution in [0.3, 0.4) is 0 Å². The molecule has 0 spiro atoms. The first-order chi connectivity index (χ1) is 9.71. The number of aliphatic hydroxyl groups excluding tert-OH is 1. The van der Waals surface area contributed by atoms with Crippen molar-refractivity contribution in [1.29, 1.82) is 0 Å². The number of nitrogens with one attached hydrogen (secondary N) is 2. The van der Waals surface area contributed by atoms with Gasteiger partial charge in [0.2, 0.25) is 0 Å². The van der Waals surface area contributed by atoms with Crippen LogP contribution in [0, 0.1) is 5.92 Å². The molecule has 21 heavy (non-hydrogen) atoms. The van der Waals surface area contributed by atoms with E-state index in [1.165, 1.54) is 18.2 Å². The molecule has 0 heterocycles. The van der Waals surface area contributed by atoms with Crippen molar-refractivity contribution in [3.63, 3.8) is 0 Å². The van der Waals surface area contributed by atoms with Crippen LogP contribution in [0.25, 0.3) is 0 Å². The molecular formula is C14H19F3N2O2. The minimum absolute atomic E-state index is 0.0563. The number of halogens is 3. The molecule has 0 aliphatic rings. The highest BCUT2D eigenvalue weighted by Crippen LogP contribution is 2.34. The van der Waals surface area contributed by atoms with E-state index in [4.69, 9.17) is 0 Å². The van der Waals surface area contributed by atoms with Gasteiger partial charge in [-0.3, -0.25) is 0 Å².